The van der Waals surface area contributed by atoms with Crippen LogP contribution >= 0.6 is 22.7 Å². The van der Waals surface area contributed by atoms with Crippen LogP contribution in [0, 0.1) is 0 Å². The standard InChI is InChI=1S/C19H23N7O2S2/c1-25(2)6-7-26(19(28)24-18-21-5-8-30-18)10-13-3-4-15(22-9-13)17(27)23-16-12-29-11-14(16)20/h3-5,8-9,11-12H,6-7,10,20H2,1-2H3,(H,23,27)(H,21,24,28). The smallest absolute Gasteiger partial charge is 0.323 e. The van der Waals surface area contributed by atoms with E-state index in [0.717, 1.165) is 5.56 Å². The first-order chi connectivity index (χ1) is 14.4. The number of nitrogens with two attached hydrogens (primary N) is 1. The number of aromatic nitrogens is 2. The molecule has 3 aromatic rings. The second-order valence-corrected chi connectivity index (χ2v) is 8.38. The molecule has 0 unspecified atom stereocenters. The molecule has 0 spiro atoms. The van der Waals surface area contributed by atoms with Gasteiger partial charge in [0.2, 0.25) is 0 Å². The maximum Gasteiger partial charge on any atom is 0.323 e. The van der Waals surface area contributed by atoms with E-state index in [4.69, 9.17) is 5.73 Å². The van der Waals surface area contributed by atoms with E-state index >= 15 is 0 Å². The molecule has 30 heavy (non-hydrogen) atoms. The molecule has 0 atom stereocenters. The van der Waals surface area contributed by atoms with Gasteiger partial charge in [-0.05, 0) is 25.7 Å². The molecule has 11 heteroatoms. The molecule has 0 radical (unpaired) electrons. The summed E-state index contributed by atoms with van der Waals surface area (Å²) in [6.45, 7) is 1.60. The molecule has 3 amide bonds. The normalized spacial score (nSPS) is 10.8. The van der Waals surface area contributed by atoms with Gasteiger partial charge in [0.05, 0.1) is 11.4 Å². The van der Waals surface area contributed by atoms with Crippen LogP contribution in [0.15, 0.2) is 40.7 Å². The van der Waals surface area contributed by atoms with Crippen molar-refractivity contribution in [3.63, 3.8) is 0 Å². The van der Waals surface area contributed by atoms with Crippen molar-refractivity contribution in [3.8, 4) is 0 Å². The summed E-state index contributed by atoms with van der Waals surface area (Å²) >= 11 is 2.77. The quantitative estimate of drug-likeness (QED) is 0.491. The number of hydrogen-bond donors (Lipinski definition) is 3. The zero-order valence-corrected chi connectivity index (χ0v) is 18.3. The minimum absolute atomic E-state index is 0.235. The van der Waals surface area contributed by atoms with Gasteiger partial charge in [-0.25, -0.2) is 9.78 Å². The number of hydrogen-bond acceptors (Lipinski definition) is 8. The lowest BCUT2D eigenvalue weighted by atomic mass is 10.2. The number of likely N-dealkylation sites (N-methyl/N-ethyl adjacent to an activating group) is 1. The highest BCUT2D eigenvalue weighted by atomic mass is 32.1. The summed E-state index contributed by atoms with van der Waals surface area (Å²) in [6.07, 6.45) is 3.24. The van der Waals surface area contributed by atoms with Gasteiger partial charge in [0, 0.05) is 48.2 Å². The van der Waals surface area contributed by atoms with E-state index in [1.807, 2.05) is 19.0 Å². The van der Waals surface area contributed by atoms with E-state index in [0.29, 0.717) is 36.1 Å². The molecule has 9 nitrogen and oxygen atoms in total. The Bertz CT molecular complexity index is 971. The van der Waals surface area contributed by atoms with E-state index in [-0.39, 0.29) is 17.6 Å². The van der Waals surface area contributed by atoms with Gasteiger partial charge in [0.1, 0.15) is 5.69 Å². The highest BCUT2D eigenvalue weighted by molar-refractivity contribution is 7.13. The Morgan fingerprint density at radius 1 is 1.13 bits per heavy atom. The molecule has 158 valence electrons. The summed E-state index contributed by atoms with van der Waals surface area (Å²) in [5.74, 6) is -0.336. The molecule has 0 aliphatic rings. The van der Waals surface area contributed by atoms with Crippen LogP contribution in [0.4, 0.5) is 21.3 Å². The average molecular weight is 446 g/mol. The van der Waals surface area contributed by atoms with Crippen molar-refractivity contribution in [1.82, 2.24) is 19.8 Å². The van der Waals surface area contributed by atoms with Crippen molar-refractivity contribution < 1.29 is 9.59 Å². The minimum atomic E-state index is -0.336. The van der Waals surface area contributed by atoms with Crippen molar-refractivity contribution in [1.29, 1.82) is 0 Å². The minimum Gasteiger partial charge on any atom is -0.396 e. The lowest BCUT2D eigenvalue weighted by molar-refractivity contribution is 0.102. The highest BCUT2D eigenvalue weighted by Gasteiger charge is 2.16. The van der Waals surface area contributed by atoms with Gasteiger partial charge in [-0.15, -0.1) is 22.7 Å². The first kappa shape index (κ1) is 21.7. The molecule has 0 fully saturated rings. The largest absolute Gasteiger partial charge is 0.396 e. The molecule has 0 saturated heterocycles. The van der Waals surface area contributed by atoms with Crippen LogP contribution in [-0.4, -0.2) is 58.9 Å². The zero-order valence-electron chi connectivity index (χ0n) is 16.7. The van der Waals surface area contributed by atoms with Crippen LogP contribution in [0.5, 0.6) is 0 Å². The van der Waals surface area contributed by atoms with E-state index in [1.165, 1.54) is 22.7 Å². The number of pyridine rings is 1. The van der Waals surface area contributed by atoms with Crippen LogP contribution in [0.25, 0.3) is 0 Å². The fourth-order valence-electron chi connectivity index (χ4n) is 2.50. The van der Waals surface area contributed by atoms with Gasteiger partial charge in [-0.3, -0.25) is 15.1 Å². The van der Waals surface area contributed by atoms with E-state index < -0.39 is 0 Å². The number of nitrogen functional groups attached to an aromatic ring is 1. The fourth-order valence-corrected chi connectivity index (χ4v) is 3.69. The predicted octanol–water partition coefficient (Wildman–Crippen LogP) is 3.03. The highest BCUT2D eigenvalue weighted by Crippen LogP contribution is 2.23. The molecule has 0 saturated carbocycles. The number of nitrogens with one attached hydrogen (secondary N) is 2. The van der Waals surface area contributed by atoms with E-state index in [9.17, 15) is 9.59 Å². The lowest BCUT2D eigenvalue weighted by Gasteiger charge is -2.24. The second-order valence-electron chi connectivity index (χ2n) is 6.74. The third-order valence-corrected chi connectivity index (χ3v) is 5.57. The predicted molar refractivity (Wildman–Crippen MR) is 121 cm³/mol. The van der Waals surface area contributed by atoms with Crippen molar-refractivity contribution in [2.45, 2.75) is 6.54 Å². The average Bonchev–Trinajstić information content (AvgIpc) is 3.37. The van der Waals surface area contributed by atoms with Crippen LogP contribution in [0.1, 0.15) is 16.1 Å². The molecule has 0 aromatic carbocycles. The zero-order chi connectivity index (χ0) is 21.5. The van der Waals surface area contributed by atoms with Gasteiger partial charge in [-0.2, -0.15) is 0 Å². The van der Waals surface area contributed by atoms with Crippen molar-refractivity contribution >= 4 is 51.1 Å². The number of nitrogens with zero attached hydrogens (tertiary/aromatic N) is 4. The monoisotopic (exact) mass is 445 g/mol. The van der Waals surface area contributed by atoms with E-state index in [1.54, 1.807) is 45.6 Å². The first-order valence-electron chi connectivity index (χ1n) is 9.10. The van der Waals surface area contributed by atoms with Crippen LogP contribution in [0.3, 0.4) is 0 Å². The summed E-state index contributed by atoms with van der Waals surface area (Å²) < 4.78 is 0. The van der Waals surface area contributed by atoms with Crippen LogP contribution in [0.2, 0.25) is 0 Å². The summed E-state index contributed by atoms with van der Waals surface area (Å²) in [6, 6.07) is 3.19. The summed E-state index contributed by atoms with van der Waals surface area (Å²) in [5.41, 5.74) is 7.98. The molecular formula is C19H23N7O2S2. The van der Waals surface area contributed by atoms with Crippen LogP contribution < -0.4 is 16.4 Å². The van der Waals surface area contributed by atoms with E-state index in [2.05, 4.69) is 20.6 Å². The number of urea groups is 1. The molecule has 3 aromatic heterocycles. The number of amides is 3. The molecule has 0 bridgehead atoms. The Balaban J connectivity index is 1.65. The first-order valence-corrected chi connectivity index (χ1v) is 10.9. The number of anilines is 3. The number of carbonyl (C=O) groups is 2. The van der Waals surface area contributed by atoms with Crippen molar-refractivity contribution in [2.75, 3.05) is 43.6 Å². The number of carbonyl (C=O) groups excluding carboxylic acids is 2. The number of thiophene rings is 1. The van der Waals surface area contributed by atoms with Gasteiger partial charge < -0.3 is 20.9 Å². The van der Waals surface area contributed by atoms with Gasteiger partial charge >= 0.3 is 6.03 Å². The molecule has 0 aliphatic heterocycles. The lowest BCUT2D eigenvalue weighted by Crippen LogP contribution is -2.39. The van der Waals surface area contributed by atoms with Crippen molar-refractivity contribution in [2.24, 2.45) is 0 Å². The maximum absolute atomic E-state index is 12.7. The number of rotatable bonds is 8. The topological polar surface area (TPSA) is 116 Å². The maximum atomic E-state index is 12.7. The fraction of sp³-hybridized carbons (Fsp3) is 0.263. The second kappa shape index (κ2) is 10.1. The third kappa shape index (κ3) is 5.99. The van der Waals surface area contributed by atoms with Crippen molar-refractivity contribution in [3.05, 3.63) is 51.9 Å². The Kier molecular flexibility index (Phi) is 7.33. The molecule has 3 rings (SSSR count). The molecule has 4 N–H and O–H groups in total. The Hall–Kier alpha value is -3.02. The van der Waals surface area contributed by atoms with Gasteiger partial charge in [0.15, 0.2) is 5.13 Å². The molecule has 3 heterocycles. The SMILES string of the molecule is CN(C)CCN(Cc1ccc(C(=O)Nc2cscc2N)nc1)C(=O)Nc1nccs1. The Morgan fingerprint density at radius 2 is 1.97 bits per heavy atom. The third-order valence-electron chi connectivity index (χ3n) is 4.12. The van der Waals surface area contributed by atoms with Gasteiger partial charge in [0.25, 0.3) is 5.91 Å². The summed E-state index contributed by atoms with van der Waals surface area (Å²) in [5, 5.41) is 11.4. The summed E-state index contributed by atoms with van der Waals surface area (Å²) in [7, 11) is 3.90. The molecule has 0 aliphatic carbocycles. The van der Waals surface area contributed by atoms with Gasteiger partial charge in [-0.1, -0.05) is 6.07 Å². The Labute approximate surface area is 182 Å². The Morgan fingerprint density at radius 3 is 2.57 bits per heavy atom. The molecular weight excluding hydrogens is 422 g/mol. The summed E-state index contributed by atoms with van der Waals surface area (Å²) in [4.78, 5) is 37.1. The van der Waals surface area contributed by atoms with Crippen LogP contribution in [-0.2, 0) is 6.54 Å². The number of thiazole rings is 1.